The molecule has 2 aromatic heterocycles. The topological polar surface area (TPSA) is 79.3 Å². The zero-order chi connectivity index (χ0) is 21.4. The predicted molar refractivity (Wildman–Crippen MR) is 134 cm³/mol. The minimum absolute atomic E-state index is 0. The minimum atomic E-state index is -0.175. The number of anilines is 2. The van der Waals surface area contributed by atoms with E-state index in [1.54, 1.807) is 11.0 Å². The molecule has 1 saturated heterocycles. The van der Waals surface area contributed by atoms with E-state index in [1.165, 1.54) is 17.8 Å². The summed E-state index contributed by atoms with van der Waals surface area (Å²) in [5.41, 5.74) is 1.95. The first-order valence-corrected chi connectivity index (χ1v) is 11.8. The highest BCUT2D eigenvalue weighted by Crippen LogP contribution is 2.43. The second kappa shape index (κ2) is 9.64. The number of hydrogen-bond donors (Lipinski definition) is 2. The molecular formula is C23H29N5O2S2. The average molecular weight is 472 g/mol. The van der Waals surface area contributed by atoms with Gasteiger partial charge in [0.15, 0.2) is 0 Å². The lowest BCUT2D eigenvalue weighted by Gasteiger charge is -2.37. The lowest BCUT2D eigenvalue weighted by Crippen LogP contribution is -2.30. The van der Waals surface area contributed by atoms with E-state index < -0.39 is 0 Å². The van der Waals surface area contributed by atoms with Crippen molar-refractivity contribution in [2.45, 2.75) is 38.1 Å². The summed E-state index contributed by atoms with van der Waals surface area (Å²) in [7, 11) is 1.99. The fourth-order valence-corrected chi connectivity index (χ4v) is 5.58. The van der Waals surface area contributed by atoms with Crippen LogP contribution in [0.15, 0.2) is 36.4 Å². The molecule has 5 rings (SSSR count). The number of nitrogens with one attached hydrogen (secondary N) is 2. The van der Waals surface area contributed by atoms with Crippen molar-refractivity contribution in [1.29, 1.82) is 0 Å². The molecule has 0 bridgehead atoms. The highest BCUT2D eigenvalue weighted by molar-refractivity contribution is 7.59. The second-order valence-electron chi connectivity index (χ2n) is 8.42. The van der Waals surface area contributed by atoms with Gasteiger partial charge in [-0.15, -0.1) is 11.3 Å². The number of fused-ring (bicyclic) bond motifs is 1. The summed E-state index contributed by atoms with van der Waals surface area (Å²) >= 11 is 1.36. The van der Waals surface area contributed by atoms with E-state index in [0.29, 0.717) is 29.2 Å². The molecule has 1 aliphatic carbocycles. The van der Waals surface area contributed by atoms with Crippen LogP contribution >= 0.6 is 24.8 Å². The standard InChI is InChI=1S/C23H27N5O2S.H2S/c1-24-11-10-15-13-16(14-15)28-18-6-3-2-5-17(18)25-23(28)26-22(30)19-8-9-21(31-19)27-12-4-7-20(27)29;/h2-3,5-6,8-9,15-16,24H,4,7,10-14H2,1H3,(H,25,26,30);1H2. The molecule has 170 valence electrons. The number of rotatable bonds is 7. The van der Waals surface area contributed by atoms with Crippen molar-refractivity contribution in [2.75, 3.05) is 30.4 Å². The quantitative estimate of drug-likeness (QED) is 0.543. The molecular weight excluding hydrogens is 442 g/mol. The number of nitrogens with zero attached hydrogens (tertiary/aromatic N) is 3. The Bertz CT molecular complexity index is 1120. The maximum absolute atomic E-state index is 13.0. The van der Waals surface area contributed by atoms with Crippen LogP contribution in [0.3, 0.4) is 0 Å². The Labute approximate surface area is 198 Å². The first-order chi connectivity index (χ1) is 15.1. The van der Waals surface area contributed by atoms with E-state index in [9.17, 15) is 9.59 Å². The number of carbonyl (C=O) groups is 2. The second-order valence-corrected chi connectivity index (χ2v) is 9.48. The van der Waals surface area contributed by atoms with Crippen LogP contribution in [0.25, 0.3) is 11.0 Å². The van der Waals surface area contributed by atoms with E-state index >= 15 is 0 Å². The van der Waals surface area contributed by atoms with E-state index in [1.807, 2.05) is 31.3 Å². The lowest BCUT2D eigenvalue weighted by molar-refractivity contribution is -0.117. The van der Waals surface area contributed by atoms with Crippen LogP contribution in [0.4, 0.5) is 10.9 Å². The summed E-state index contributed by atoms with van der Waals surface area (Å²) in [5.74, 6) is 1.27. The largest absolute Gasteiger partial charge is 0.320 e. The number of aromatic nitrogens is 2. The van der Waals surface area contributed by atoms with Gasteiger partial charge in [-0.25, -0.2) is 4.98 Å². The van der Waals surface area contributed by atoms with Crippen LogP contribution in [0.2, 0.25) is 0 Å². The molecule has 2 N–H and O–H groups in total. The fraction of sp³-hybridized carbons (Fsp3) is 0.435. The molecule has 0 radical (unpaired) electrons. The van der Waals surface area contributed by atoms with Gasteiger partial charge >= 0.3 is 0 Å². The van der Waals surface area contributed by atoms with Gasteiger partial charge in [-0.1, -0.05) is 12.1 Å². The number of thiophene rings is 1. The Hall–Kier alpha value is -2.36. The molecule has 3 heterocycles. The number of amides is 2. The van der Waals surface area contributed by atoms with Gasteiger partial charge < -0.3 is 14.8 Å². The summed E-state index contributed by atoms with van der Waals surface area (Å²) in [6.45, 7) is 1.76. The molecule has 32 heavy (non-hydrogen) atoms. The van der Waals surface area contributed by atoms with Crippen molar-refractivity contribution in [3.8, 4) is 0 Å². The van der Waals surface area contributed by atoms with Gasteiger partial charge in [-0.3, -0.25) is 14.9 Å². The third-order valence-electron chi connectivity index (χ3n) is 6.35. The van der Waals surface area contributed by atoms with Gasteiger partial charge in [0.25, 0.3) is 5.91 Å². The molecule has 2 amide bonds. The lowest BCUT2D eigenvalue weighted by atomic mass is 9.78. The first-order valence-electron chi connectivity index (χ1n) is 11.0. The zero-order valence-corrected chi connectivity index (χ0v) is 20.0. The molecule has 1 aromatic carbocycles. The van der Waals surface area contributed by atoms with Crippen LogP contribution in [-0.2, 0) is 4.79 Å². The van der Waals surface area contributed by atoms with E-state index in [-0.39, 0.29) is 25.3 Å². The van der Waals surface area contributed by atoms with E-state index in [0.717, 1.165) is 48.4 Å². The van der Waals surface area contributed by atoms with Crippen LogP contribution < -0.4 is 15.5 Å². The van der Waals surface area contributed by atoms with E-state index in [4.69, 9.17) is 4.98 Å². The number of hydrogen-bond acceptors (Lipinski definition) is 5. The fourth-order valence-electron chi connectivity index (χ4n) is 4.64. The third kappa shape index (κ3) is 4.29. The Balaban J connectivity index is 0.00000245. The highest BCUT2D eigenvalue weighted by Gasteiger charge is 2.33. The minimum Gasteiger partial charge on any atom is -0.320 e. The summed E-state index contributed by atoms with van der Waals surface area (Å²) in [5, 5.41) is 7.11. The highest BCUT2D eigenvalue weighted by atomic mass is 32.1. The van der Waals surface area contributed by atoms with Crippen LogP contribution in [-0.4, -0.2) is 41.5 Å². The molecule has 9 heteroatoms. The van der Waals surface area contributed by atoms with Crippen molar-refractivity contribution in [3.63, 3.8) is 0 Å². The van der Waals surface area contributed by atoms with Crippen molar-refractivity contribution in [2.24, 2.45) is 5.92 Å². The molecule has 1 saturated carbocycles. The molecule has 7 nitrogen and oxygen atoms in total. The molecule has 1 aliphatic heterocycles. The summed E-state index contributed by atoms with van der Waals surface area (Å²) < 4.78 is 2.20. The number of benzene rings is 1. The summed E-state index contributed by atoms with van der Waals surface area (Å²) in [6, 6.07) is 12.1. The smallest absolute Gasteiger partial charge is 0.268 e. The third-order valence-corrected chi connectivity index (χ3v) is 7.46. The molecule has 3 aromatic rings. The average Bonchev–Trinajstić information content (AvgIpc) is 3.45. The first kappa shape index (κ1) is 22.8. The normalized spacial score (nSPS) is 20.3. The predicted octanol–water partition coefficient (Wildman–Crippen LogP) is 4.15. The Morgan fingerprint density at radius 3 is 2.78 bits per heavy atom. The van der Waals surface area contributed by atoms with E-state index in [2.05, 4.69) is 21.3 Å². The maximum Gasteiger partial charge on any atom is 0.268 e. The van der Waals surface area contributed by atoms with Crippen LogP contribution in [0, 0.1) is 5.92 Å². The van der Waals surface area contributed by atoms with Gasteiger partial charge in [0, 0.05) is 19.0 Å². The van der Waals surface area contributed by atoms with Crippen molar-refractivity contribution in [1.82, 2.24) is 14.9 Å². The van der Waals surface area contributed by atoms with Crippen molar-refractivity contribution >= 4 is 58.6 Å². The van der Waals surface area contributed by atoms with Crippen LogP contribution in [0.1, 0.15) is 47.8 Å². The monoisotopic (exact) mass is 471 g/mol. The number of carbonyl (C=O) groups excluding carboxylic acids is 2. The van der Waals surface area contributed by atoms with Gasteiger partial charge in [0.1, 0.15) is 0 Å². The molecule has 2 aliphatic rings. The number of para-hydroxylation sites is 2. The van der Waals surface area contributed by atoms with Gasteiger partial charge in [0.2, 0.25) is 11.9 Å². The number of imidazole rings is 1. The molecule has 2 fully saturated rings. The van der Waals surface area contributed by atoms with Gasteiger partial charge in [-0.05, 0) is 69.5 Å². The Kier molecular flexibility index (Phi) is 6.88. The van der Waals surface area contributed by atoms with Crippen LogP contribution in [0.5, 0.6) is 0 Å². The van der Waals surface area contributed by atoms with Gasteiger partial charge in [0.05, 0.1) is 20.9 Å². The Morgan fingerprint density at radius 2 is 2.03 bits per heavy atom. The van der Waals surface area contributed by atoms with Crippen molar-refractivity contribution < 1.29 is 9.59 Å². The maximum atomic E-state index is 13.0. The Morgan fingerprint density at radius 1 is 1.22 bits per heavy atom. The summed E-state index contributed by atoms with van der Waals surface area (Å²) in [6.07, 6.45) is 4.84. The van der Waals surface area contributed by atoms with Crippen molar-refractivity contribution in [3.05, 3.63) is 41.3 Å². The molecule has 0 unspecified atom stereocenters. The summed E-state index contributed by atoms with van der Waals surface area (Å²) in [4.78, 5) is 32.1. The SMILES string of the molecule is CNCCC1CC(n2c(NC(=O)c3ccc(N4CCCC4=O)s3)nc3ccccc32)C1.S. The van der Waals surface area contributed by atoms with Gasteiger partial charge in [-0.2, -0.15) is 13.5 Å². The molecule has 0 atom stereocenters. The molecule has 0 spiro atoms. The zero-order valence-electron chi connectivity index (χ0n) is 18.1.